The number of phenolic OH excluding ortho intramolecular Hbond substituents is 1. The minimum absolute atomic E-state index is 0.244. The van der Waals surface area contributed by atoms with Gasteiger partial charge < -0.3 is 10.4 Å². The van der Waals surface area contributed by atoms with E-state index in [2.05, 4.69) is 17.2 Å². The second kappa shape index (κ2) is 5.49. The molecule has 0 fully saturated rings. The summed E-state index contributed by atoms with van der Waals surface area (Å²) in [7, 11) is 0. The van der Waals surface area contributed by atoms with Gasteiger partial charge in [-0.3, -0.25) is 0 Å². The van der Waals surface area contributed by atoms with Gasteiger partial charge in [-0.15, -0.1) is 0 Å². The smallest absolute Gasteiger partial charge is 0.161 e. The summed E-state index contributed by atoms with van der Waals surface area (Å²) in [5.74, 6) is 1.89. The van der Waals surface area contributed by atoms with Crippen LogP contribution in [-0.4, -0.2) is 21.6 Å². The molecule has 1 aromatic heterocycles. The van der Waals surface area contributed by atoms with Crippen LogP contribution in [0.1, 0.15) is 31.0 Å². The summed E-state index contributed by atoms with van der Waals surface area (Å²) in [4.78, 5) is 9.36. The summed E-state index contributed by atoms with van der Waals surface area (Å²) in [5.41, 5.74) is 3.28. The third-order valence-corrected chi connectivity index (χ3v) is 3.63. The fourth-order valence-electron chi connectivity index (χ4n) is 2.68. The van der Waals surface area contributed by atoms with Crippen molar-refractivity contribution in [3.63, 3.8) is 0 Å². The predicted octanol–water partition coefficient (Wildman–Crippen LogP) is 3.16. The lowest BCUT2D eigenvalue weighted by Crippen LogP contribution is -2.13. The van der Waals surface area contributed by atoms with Crippen molar-refractivity contribution in [2.45, 2.75) is 32.6 Å². The molecule has 0 amide bonds. The van der Waals surface area contributed by atoms with Crippen molar-refractivity contribution in [3.05, 3.63) is 35.5 Å². The van der Waals surface area contributed by atoms with Crippen LogP contribution in [0.15, 0.2) is 24.3 Å². The van der Waals surface area contributed by atoms with Gasteiger partial charge in [0.15, 0.2) is 5.82 Å². The summed E-state index contributed by atoms with van der Waals surface area (Å²) in [6.45, 7) is 2.92. The van der Waals surface area contributed by atoms with Crippen molar-refractivity contribution in [3.8, 4) is 17.1 Å². The lowest BCUT2D eigenvalue weighted by atomic mass is 9.96. The van der Waals surface area contributed by atoms with Gasteiger partial charge in [0.2, 0.25) is 0 Å². The van der Waals surface area contributed by atoms with Crippen LogP contribution in [-0.2, 0) is 12.8 Å². The van der Waals surface area contributed by atoms with Crippen LogP contribution in [0.3, 0.4) is 0 Å². The number of anilines is 1. The van der Waals surface area contributed by atoms with Crippen LogP contribution in [0, 0.1) is 0 Å². The van der Waals surface area contributed by atoms with E-state index in [1.54, 1.807) is 12.1 Å². The zero-order valence-corrected chi connectivity index (χ0v) is 11.7. The molecule has 2 N–H and O–H groups in total. The maximum absolute atomic E-state index is 9.61. The summed E-state index contributed by atoms with van der Waals surface area (Å²) in [6.07, 6.45) is 4.47. The van der Waals surface area contributed by atoms with Gasteiger partial charge in [-0.2, -0.15) is 0 Å². The van der Waals surface area contributed by atoms with E-state index in [9.17, 15) is 5.11 Å². The first-order chi connectivity index (χ1) is 9.78. The molecular formula is C16H19N3O. The minimum Gasteiger partial charge on any atom is -0.508 e. The number of rotatable bonds is 3. The van der Waals surface area contributed by atoms with Crippen molar-refractivity contribution in [2.75, 3.05) is 11.9 Å². The Morgan fingerprint density at radius 2 is 2.05 bits per heavy atom. The lowest BCUT2D eigenvalue weighted by Gasteiger charge is -2.19. The van der Waals surface area contributed by atoms with Crippen molar-refractivity contribution in [1.82, 2.24) is 9.97 Å². The fourth-order valence-corrected chi connectivity index (χ4v) is 2.68. The molecule has 3 rings (SSSR count). The van der Waals surface area contributed by atoms with Gasteiger partial charge in [0.1, 0.15) is 11.6 Å². The maximum Gasteiger partial charge on any atom is 0.161 e. The van der Waals surface area contributed by atoms with E-state index in [4.69, 9.17) is 4.98 Å². The molecule has 1 aliphatic rings. The van der Waals surface area contributed by atoms with Gasteiger partial charge >= 0.3 is 0 Å². The number of aromatic nitrogens is 2. The van der Waals surface area contributed by atoms with Crippen LogP contribution in [0.4, 0.5) is 5.82 Å². The van der Waals surface area contributed by atoms with E-state index in [1.165, 1.54) is 18.4 Å². The number of benzene rings is 1. The normalized spacial score (nSPS) is 13.8. The van der Waals surface area contributed by atoms with E-state index in [0.717, 1.165) is 36.5 Å². The second-order valence-corrected chi connectivity index (χ2v) is 5.11. The van der Waals surface area contributed by atoms with Crippen molar-refractivity contribution in [1.29, 1.82) is 0 Å². The first-order valence-corrected chi connectivity index (χ1v) is 7.21. The van der Waals surface area contributed by atoms with Crippen LogP contribution in [0.25, 0.3) is 11.4 Å². The Labute approximate surface area is 118 Å². The van der Waals surface area contributed by atoms with E-state index in [-0.39, 0.29) is 5.75 Å². The molecule has 4 heteroatoms. The number of nitrogens with one attached hydrogen (secondary N) is 1. The fraction of sp³-hybridized carbons (Fsp3) is 0.375. The molecule has 4 nitrogen and oxygen atoms in total. The molecule has 0 unspecified atom stereocenters. The highest BCUT2D eigenvalue weighted by atomic mass is 16.3. The number of fused-ring (bicyclic) bond motifs is 1. The molecular weight excluding hydrogens is 250 g/mol. The van der Waals surface area contributed by atoms with Gasteiger partial charge in [-0.1, -0.05) is 12.1 Å². The molecule has 104 valence electrons. The Balaban J connectivity index is 2.10. The Hall–Kier alpha value is -2.10. The first kappa shape index (κ1) is 12.9. The van der Waals surface area contributed by atoms with Crippen molar-refractivity contribution in [2.24, 2.45) is 0 Å². The summed E-state index contributed by atoms with van der Waals surface area (Å²) in [6, 6.07) is 7.12. The number of hydrogen-bond acceptors (Lipinski definition) is 4. The molecule has 1 aliphatic carbocycles. The molecule has 0 radical (unpaired) electrons. The number of aryl methyl sites for hydroxylation is 1. The summed E-state index contributed by atoms with van der Waals surface area (Å²) >= 11 is 0. The Morgan fingerprint density at radius 3 is 2.85 bits per heavy atom. The monoisotopic (exact) mass is 269 g/mol. The number of phenols is 1. The lowest BCUT2D eigenvalue weighted by molar-refractivity contribution is 0.475. The second-order valence-electron chi connectivity index (χ2n) is 5.11. The Morgan fingerprint density at radius 1 is 1.20 bits per heavy atom. The minimum atomic E-state index is 0.244. The standard InChI is InChI=1S/C16H19N3O/c1-2-17-16-13-8-3-4-9-14(13)18-15(19-16)11-6-5-7-12(20)10-11/h5-7,10,20H,2-4,8-9H2,1H3,(H,17,18,19). The summed E-state index contributed by atoms with van der Waals surface area (Å²) < 4.78 is 0. The average Bonchev–Trinajstić information content (AvgIpc) is 2.47. The van der Waals surface area contributed by atoms with E-state index < -0.39 is 0 Å². The van der Waals surface area contributed by atoms with E-state index >= 15 is 0 Å². The molecule has 0 atom stereocenters. The molecule has 2 aromatic rings. The highest BCUT2D eigenvalue weighted by molar-refractivity contribution is 5.61. The van der Waals surface area contributed by atoms with Gasteiger partial charge in [0.05, 0.1) is 0 Å². The van der Waals surface area contributed by atoms with Crippen LogP contribution in [0.2, 0.25) is 0 Å². The third kappa shape index (κ3) is 2.46. The number of aromatic hydroxyl groups is 1. The first-order valence-electron chi connectivity index (χ1n) is 7.21. The molecule has 20 heavy (non-hydrogen) atoms. The number of nitrogens with zero attached hydrogens (tertiary/aromatic N) is 2. The maximum atomic E-state index is 9.61. The Kier molecular flexibility index (Phi) is 3.54. The van der Waals surface area contributed by atoms with Gasteiger partial charge in [0.25, 0.3) is 0 Å². The number of hydrogen-bond donors (Lipinski definition) is 2. The largest absolute Gasteiger partial charge is 0.508 e. The van der Waals surface area contributed by atoms with Gasteiger partial charge in [-0.25, -0.2) is 9.97 Å². The molecule has 0 aliphatic heterocycles. The van der Waals surface area contributed by atoms with Crippen LogP contribution < -0.4 is 5.32 Å². The molecule has 1 heterocycles. The van der Waals surface area contributed by atoms with Crippen molar-refractivity contribution < 1.29 is 5.11 Å². The zero-order valence-electron chi connectivity index (χ0n) is 11.7. The van der Waals surface area contributed by atoms with Gasteiger partial charge in [-0.05, 0) is 44.7 Å². The SMILES string of the molecule is CCNc1nc(-c2cccc(O)c2)nc2c1CCCC2. The zero-order chi connectivity index (χ0) is 13.9. The van der Waals surface area contributed by atoms with Crippen molar-refractivity contribution >= 4 is 5.82 Å². The highest BCUT2D eigenvalue weighted by Crippen LogP contribution is 2.29. The topological polar surface area (TPSA) is 58.0 Å². The molecule has 0 bridgehead atoms. The Bertz CT molecular complexity index is 625. The predicted molar refractivity (Wildman–Crippen MR) is 79.9 cm³/mol. The average molecular weight is 269 g/mol. The molecule has 0 saturated heterocycles. The molecule has 0 saturated carbocycles. The highest BCUT2D eigenvalue weighted by Gasteiger charge is 2.18. The molecule has 1 aromatic carbocycles. The summed E-state index contributed by atoms with van der Waals surface area (Å²) in [5, 5.41) is 13.0. The van der Waals surface area contributed by atoms with E-state index in [1.807, 2.05) is 12.1 Å². The molecule has 0 spiro atoms. The van der Waals surface area contributed by atoms with E-state index in [0.29, 0.717) is 5.82 Å². The third-order valence-electron chi connectivity index (χ3n) is 3.63. The van der Waals surface area contributed by atoms with Crippen LogP contribution >= 0.6 is 0 Å². The van der Waals surface area contributed by atoms with Gasteiger partial charge in [0, 0.05) is 23.4 Å². The quantitative estimate of drug-likeness (QED) is 0.898. The van der Waals surface area contributed by atoms with Crippen LogP contribution in [0.5, 0.6) is 5.75 Å².